The molecule has 1 fully saturated rings. The highest BCUT2D eigenvalue weighted by Gasteiger charge is 2.32. The number of nitrogens with zero attached hydrogens (tertiary/aromatic N) is 4. The molecule has 2 N–H and O–H groups in total. The molecular formula is C29H31ClN6O4. The van der Waals surface area contributed by atoms with E-state index in [0.29, 0.717) is 57.7 Å². The van der Waals surface area contributed by atoms with E-state index in [1.165, 1.54) is 12.0 Å². The van der Waals surface area contributed by atoms with Gasteiger partial charge in [0, 0.05) is 43.0 Å². The van der Waals surface area contributed by atoms with Gasteiger partial charge in [-0.05, 0) is 49.4 Å². The Hall–Kier alpha value is -4.28. The van der Waals surface area contributed by atoms with Crippen LogP contribution in [0.5, 0.6) is 11.5 Å². The van der Waals surface area contributed by atoms with Gasteiger partial charge in [0.1, 0.15) is 11.5 Å². The molecule has 208 valence electrons. The highest BCUT2D eigenvalue weighted by atomic mass is 35.5. The van der Waals surface area contributed by atoms with Crippen molar-refractivity contribution in [2.45, 2.75) is 13.0 Å². The molecule has 2 amide bonds. The van der Waals surface area contributed by atoms with Crippen LogP contribution in [0.15, 0.2) is 71.5 Å². The van der Waals surface area contributed by atoms with Crippen molar-refractivity contribution < 1.29 is 14.3 Å². The van der Waals surface area contributed by atoms with Crippen molar-refractivity contribution in [1.82, 2.24) is 15.0 Å². The zero-order valence-corrected chi connectivity index (χ0v) is 23.3. The largest absolute Gasteiger partial charge is 0.497 e. The minimum absolute atomic E-state index is 0.189. The number of piperazine rings is 1. The average molecular weight is 563 g/mol. The van der Waals surface area contributed by atoms with Gasteiger partial charge in [0.2, 0.25) is 0 Å². The number of para-hydroxylation sites is 1. The maximum Gasteiger partial charge on any atom is 0.327 e. The number of carbonyl (C=O) groups is 1. The first-order chi connectivity index (χ1) is 19.4. The number of ether oxygens (including phenoxy) is 2. The molecule has 10 nitrogen and oxygen atoms in total. The third-order valence-corrected chi connectivity index (χ3v) is 7.09. The SMILES string of the molecule is COc1ccc(N(C(=O)Nc2cccc(Cl)c2)C(C)c2nc3ccccc3c(=O)n2N2CCNCC2)c(OC)c1. The molecule has 40 heavy (non-hydrogen) atoms. The standard InChI is InChI=1S/C29H31ClN6O4/c1-19(27-33-24-10-5-4-9-23(24)28(37)36(27)34-15-13-31-14-16-34)35(25-12-11-22(39-2)18-26(25)40-3)29(38)32-21-8-6-7-20(30)17-21/h4-12,17-19,31H,13-16H2,1-3H3,(H,32,38). The maximum absolute atomic E-state index is 14.0. The van der Waals surface area contributed by atoms with E-state index in [9.17, 15) is 9.59 Å². The molecule has 5 rings (SSSR count). The van der Waals surface area contributed by atoms with E-state index in [2.05, 4.69) is 10.6 Å². The molecule has 11 heteroatoms. The summed E-state index contributed by atoms with van der Waals surface area (Å²) in [6.07, 6.45) is 0. The van der Waals surface area contributed by atoms with Crippen LogP contribution in [0.2, 0.25) is 5.02 Å². The van der Waals surface area contributed by atoms with Crippen molar-refractivity contribution in [3.05, 3.63) is 87.9 Å². The Morgan fingerprint density at radius 2 is 1.82 bits per heavy atom. The van der Waals surface area contributed by atoms with E-state index < -0.39 is 12.1 Å². The van der Waals surface area contributed by atoms with Gasteiger partial charge >= 0.3 is 6.03 Å². The lowest BCUT2D eigenvalue weighted by Crippen LogP contribution is -2.55. The highest BCUT2D eigenvalue weighted by molar-refractivity contribution is 6.30. The summed E-state index contributed by atoms with van der Waals surface area (Å²) < 4.78 is 12.7. The molecule has 3 aromatic carbocycles. The van der Waals surface area contributed by atoms with Crippen LogP contribution in [0.1, 0.15) is 18.8 Å². The van der Waals surface area contributed by atoms with Crippen molar-refractivity contribution in [3.8, 4) is 11.5 Å². The number of hydrogen-bond acceptors (Lipinski definition) is 7. The van der Waals surface area contributed by atoms with Crippen molar-refractivity contribution in [3.63, 3.8) is 0 Å². The van der Waals surface area contributed by atoms with E-state index >= 15 is 0 Å². The minimum Gasteiger partial charge on any atom is -0.497 e. The summed E-state index contributed by atoms with van der Waals surface area (Å²) in [7, 11) is 3.09. The summed E-state index contributed by atoms with van der Waals surface area (Å²) in [5, 5.41) is 9.23. The fourth-order valence-electron chi connectivity index (χ4n) is 4.88. The number of fused-ring (bicyclic) bond motifs is 1. The number of benzene rings is 3. The number of methoxy groups -OCH3 is 2. The van der Waals surface area contributed by atoms with Crippen LogP contribution in [0, 0.1) is 0 Å². The lowest BCUT2D eigenvalue weighted by atomic mass is 10.1. The molecule has 1 aliphatic rings. The van der Waals surface area contributed by atoms with Crippen LogP contribution in [-0.4, -0.2) is 56.1 Å². The Morgan fingerprint density at radius 1 is 1.05 bits per heavy atom. The van der Waals surface area contributed by atoms with Crippen LogP contribution in [0.3, 0.4) is 0 Å². The summed E-state index contributed by atoms with van der Waals surface area (Å²) in [5.41, 5.74) is 1.36. The molecule has 1 saturated heterocycles. The Bertz CT molecular complexity index is 1590. The second-order valence-corrected chi connectivity index (χ2v) is 9.77. The molecule has 1 aromatic heterocycles. The van der Waals surface area contributed by atoms with E-state index in [1.54, 1.807) is 66.4 Å². The third kappa shape index (κ3) is 5.41. The van der Waals surface area contributed by atoms with Gasteiger partial charge in [-0.25, -0.2) is 14.5 Å². The molecule has 0 spiro atoms. The number of amides is 2. The number of halogens is 1. The zero-order valence-electron chi connectivity index (χ0n) is 22.6. The van der Waals surface area contributed by atoms with E-state index in [1.807, 2.05) is 24.1 Å². The van der Waals surface area contributed by atoms with Crippen LogP contribution in [0.25, 0.3) is 10.9 Å². The summed E-state index contributed by atoms with van der Waals surface area (Å²) >= 11 is 6.19. The van der Waals surface area contributed by atoms with Gasteiger partial charge in [0.15, 0.2) is 5.82 Å². The zero-order chi connectivity index (χ0) is 28.2. The van der Waals surface area contributed by atoms with E-state index in [-0.39, 0.29) is 5.56 Å². The van der Waals surface area contributed by atoms with Crippen LogP contribution in [0.4, 0.5) is 16.2 Å². The second kappa shape index (κ2) is 11.8. The Kier molecular flexibility index (Phi) is 8.09. The average Bonchev–Trinajstić information content (AvgIpc) is 2.97. The first-order valence-corrected chi connectivity index (χ1v) is 13.3. The Labute approximate surface area is 237 Å². The Morgan fingerprint density at radius 3 is 2.55 bits per heavy atom. The summed E-state index contributed by atoms with van der Waals surface area (Å²) in [4.78, 5) is 34.4. The van der Waals surface area contributed by atoms with Crippen LogP contribution < -0.4 is 35.6 Å². The molecule has 1 aliphatic heterocycles. The number of hydrogen-bond donors (Lipinski definition) is 2. The normalized spacial score (nSPS) is 14.1. The van der Waals surface area contributed by atoms with Crippen molar-refractivity contribution in [1.29, 1.82) is 0 Å². The van der Waals surface area contributed by atoms with Crippen molar-refractivity contribution in [2.75, 3.05) is 55.6 Å². The van der Waals surface area contributed by atoms with Gasteiger partial charge in [-0.3, -0.25) is 9.69 Å². The topological polar surface area (TPSA) is 101 Å². The summed E-state index contributed by atoms with van der Waals surface area (Å²) in [6.45, 7) is 4.51. The predicted molar refractivity (Wildman–Crippen MR) is 158 cm³/mol. The first kappa shape index (κ1) is 27.3. The molecular weight excluding hydrogens is 532 g/mol. The van der Waals surface area contributed by atoms with Crippen molar-refractivity contribution >= 4 is 39.9 Å². The molecule has 2 heterocycles. The first-order valence-electron chi connectivity index (χ1n) is 13.0. The number of carbonyl (C=O) groups excluding carboxylic acids is 1. The van der Waals surface area contributed by atoms with Crippen LogP contribution in [-0.2, 0) is 0 Å². The number of urea groups is 1. The van der Waals surface area contributed by atoms with Gasteiger partial charge in [-0.1, -0.05) is 29.8 Å². The van der Waals surface area contributed by atoms with Gasteiger partial charge < -0.3 is 25.1 Å². The monoisotopic (exact) mass is 562 g/mol. The molecule has 0 radical (unpaired) electrons. The smallest absolute Gasteiger partial charge is 0.327 e. The summed E-state index contributed by atoms with van der Waals surface area (Å²) in [6, 6.07) is 18.2. The van der Waals surface area contributed by atoms with E-state index in [0.717, 1.165) is 13.1 Å². The lowest BCUT2D eigenvalue weighted by molar-refractivity contribution is 0.254. The van der Waals surface area contributed by atoms with Crippen LogP contribution >= 0.6 is 11.6 Å². The third-order valence-electron chi connectivity index (χ3n) is 6.86. The van der Waals surface area contributed by atoms with Gasteiger partial charge in [0.05, 0.1) is 36.9 Å². The molecule has 0 bridgehead atoms. The quantitative estimate of drug-likeness (QED) is 0.344. The Balaban J connectivity index is 1.68. The van der Waals surface area contributed by atoms with Gasteiger partial charge in [-0.15, -0.1) is 0 Å². The van der Waals surface area contributed by atoms with Gasteiger partial charge in [0.25, 0.3) is 5.56 Å². The van der Waals surface area contributed by atoms with E-state index in [4.69, 9.17) is 26.1 Å². The number of rotatable bonds is 7. The molecule has 1 atom stereocenters. The number of nitrogens with one attached hydrogen (secondary N) is 2. The fraction of sp³-hybridized carbons (Fsp3) is 0.276. The molecule has 0 saturated carbocycles. The fourth-order valence-corrected chi connectivity index (χ4v) is 5.07. The number of anilines is 2. The second-order valence-electron chi connectivity index (χ2n) is 9.33. The minimum atomic E-state index is -0.700. The summed E-state index contributed by atoms with van der Waals surface area (Å²) in [5.74, 6) is 1.42. The predicted octanol–water partition coefficient (Wildman–Crippen LogP) is 4.41. The lowest BCUT2D eigenvalue weighted by Gasteiger charge is -2.36. The maximum atomic E-state index is 14.0. The molecule has 4 aromatic rings. The van der Waals surface area contributed by atoms with Gasteiger partial charge in [-0.2, -0.15) is 0 Å². The number of aromatic nitrogens is 2. The van der Waals surface area contributed by atoms with Crippen molar-refractivity contribution in [2.24, 2.45) is 0 Å². The highest BCUT2D eigenvalue weighted by Crippen LogP contribution is 2.37. The molecule has 0 aliphatic carbocycles. The molecule has 1 unspecified atom stereocenters.